The lowest BCUT2D eigenvalue weighted by atomic mass is 9.92. The van der Waals surface area contributed by atoms with E-state index in [4.69, 9.17) is 25.7 Å². The second kappa shape index (κ2) is 11.9. The third-order valence-corrected chi connectivity index (χ3v) is 5.95. The van der Waals surface area contributed by atoms with Crippen molar-refractivity contribution in [2.75, 3.05) is 25.0 Å². The van der Waals surface area contributed by atoms with Crippen LogP contribution in [0.1, 0.15) is 32.6 Å². The first-order chi connectivity index (χ1) is 16.9. The highest BCUT2D eigenvalue weighted by molar-refractivity contribution is 5.88. The van der Waals surface area contributed by atoms with E-state index < -0.39 is 36.4 Å². The van der Waals surface area contributed by atoms with Crippen LogP contribution in [0.5, 0.6) is 0 Å². The minimum absolute atomic E-state index is 0.0552. The molecule has 36 heavy (non-hydrogen) atoms. The van der Waals surface area contributed by atoms with Gasteiger partial charge in [-0.3, -0.25) is 14.4 Å². The van der Waals surface area contributed by atoms with Gasteiger partial charge in [0.25, 0.3) is 0 Å². The molecule has 2 aromatic rings. The van der Waals surface area contributed by atoms with Gasteiger partial charge in [-0.2, -0.15) is 5.26 Å². The van der Waals surface area contributed by atoms with E-state index in [-0.39, 0.29) is 18.4 Å². The second-order valence-corrected chi connectivity index (χ2v) is 8.53. The SMILES string of the molecule is CC1CCN(C(=O)CC#N)CC1N(C)c1ncnc2[nH]ccc12.O=C(O)CC(O)(CC(=O)O)C(=O)O. The topological polar surface area (TPSA) is 221 Å². The van der Waals surface area contributed by atoms with E-state index in [9.17, 15) is 19.2 Å². The number of nitrogens with zero attached hydrogens (tertiary/aromatic N) is 5. The van der Waals surface area contributed by atoms with Crippen LogP contribution in [0.25, 0.3) is 11.0 Å². The Morgan fingerprint density at radius 1 is 1.22 bits per heavy atom. The molecule has 0 aliphatic carbocycles. The highest BCUT2D eigenvalue weighted by atomic mass is 16.4. The molecule has 3 rings (SSSR count). The van der Waals surface area contributed by atoms with Crippen LogP contribution >= 0.6 is 0 Å². The molecule has 1 saturated heterocycles. The molecule has 1 amide bonds. The van der Waals surface area contributed by atoms with Gasteiger partial charge in [-0.05, 0) is 18.4 Å². The first kappa shape index (κ1) is 28.0. The molecule has 14 nitrogen and oxygen atoms in total. The van der Waals surface area contributed by atoms with E-state index in [0.29, 0.717) is 12.5 Å². The lowest BCUT2D eigenvalue weighted by molar-refractivity contribution is -0.170. The number of amides is 1. The molecule has 2 unspecified atom stereocenters. The maximum atomic E-state index is 12.0. The number of piperidine rings is 1. The summed E-state index contributed by atoms with van der Waals surface area (Å²) in [5.74, 6) is -3.81. The molecule has 1 fully saturated rings. The average molecular weight is 505 g/mol. The number of aliphatic hydroxyl groups is 1. The summed E-state index contributed by atoms with van der Waals surface area (Å²) in [6.45, 7) is 3.53. The van der Waals surface area contributed by atoms with Crippen molar-refractivity contribution in [3.8, 4) is 6.07 Å². The number of carbonyl (C=O) groups excluding carboxylic acids is 1. The Bertz CT molecular complexity index is 1140. The number of fused-ring (bicyclic) bond motifs is 1. The van der Waals surface area contributed by atoms with Crippen molar-refractivity contribution < 1.29 is 39.6 Å². The lowest BCUT2D eigenvalue weighted by Crippen LogP contribution is -2.52. The van der Waals surface area contributed by atoms with Gasteiger partial charge in [0.1, 0.15) is 24.2 Å². The number of carboxylic acid groups (broad SMARTS) is 3. The van der Waals surface area contributed by atoms with Gasteiger partial charge in [0.2, 0.25) is 5.91 Å². The van der Waals surface area contributed by atoms with Crippen LogP contribution in [0.2, 0.25) is 0 Å². The zero-order valence-electron chi connectivity index (χ0n) is 19.8. The molecule has 3 heterocycles. The quantitative estimate of drug-likeness (QED) is 0.327. The molecule has 5 N–H and O–H groups in total. The average Bonchev–Trinajstić information content (AvgIpc) is 3.27. The predicted molar refractivity (Wildman–Crippen MR) is 124 cm³/mol. The Balaban J connectivity index is 0.000000302. The first-order valence-electron chi connectivity index (χ1n) is 10.9. The van der Waals surface area contributed by atoms with E-state index in [1.54, 1.807) is 11.2 Å². The van der Waals surface area contributed by atoms with Crippen molar-refractivity contribution in [3.63, 3.8) is 0 Å². The predicted octanol–water partition coefficient (Wildman–Crippen LogP) is 0.296. The summed E-state index contributed by atoms with van der Waals surface area (Å²) in [7, 11) is 2.01. The number of hydrogen-bond donors (Lipinski definition) is 5. The number of rotatable bonds is 8. The van der Waals surface area contributed by atoms with Crippen LogP contribution in [-0.4, -0.2) is 95.9 Å². The van der Waals surface area contributed by atoms with Crippen LogP contribution in [-0.2, 0) is 19.2 Å². The van der Waals surface area contributed by atoms with Crippen LogP contribution in [0.15, 0.2) is 18.6 Å². The van der Waals surface area contributed by atoms with Crippen molar-refractivity contribution in [3.05, 3.63) is 18.6 Å². The molecule has 0 saturated carbocycles. The van der Waals surface area contributed by atoms with Crippen molar-refractivity contribution >= 4 is 40.7 Å². The molecule has 0 bridgehead atoms. The zero-order chi connectivity index (χ0) is 27.0. The number of aromatic nitrogens is 3. The van der Waals surface area contributed by atoms with E-state index >= 15 is 0 Å². The van der Waals surface area contributed by atoms with Gasteiger partial charge < -0.3 is 35.2 Å². The van der Waals surface area contributed by atoms with E-state index in [1.807, 2.05) is 25.4 Å². The molecule has 2 aromatic heterocycles. The number of aromatic amines is 1. The number of anilines is 1. The molecule has 14 heteroatoms. The normalized spacial score (nSPS) is 17.4. The monoisotopic (exact) mass is 504 g/mol. The third-order valence-electron chi connectivity index (χ3n) is 5.95. The highest BCUT2D eigenvalue weighted by Gasteiger charge is 2.40. The second-order valence-electron chi connectivity index (χ2n) is 8.53. The first-order valence-corrected chi connectivity index (χ1v) is 10.9. The molecule has 0 aromatic carbocycles. The molecular weight excluding hydrogens is 476 g/mol. The third kappa shape index (κ3) is 6.89. The van der Waals surface area contributed by atoms with Gasteiger partial charge in [-0.1, -0.05) is 6.92 Å². The maximum absolute atomic E-state index is 12.0. The fourth-order valence-electron chi connectivity index (χ4n) is 3.97. The maximum Gasteiger partial charge on any atom is 0.336 e. The fraction of sp³-hybridized carbons (Fsp3) is 0.500. The van der Waals surface area contributed by atoms with Gasteiger partial charge in [0, 0.05) is 26.3 Å². The number of carboxylic acids is 3. The van der Waals surface area contributed by atoms with Crippen molar-refractivity contribution in [1.29, 1.82) is 5.26 Å². The Labute approximate surface area is 205 Å². The number of likely N-dealkylation sites (N-methyl/N-ethyl adjacent to an activating group) is 1. The van der Waals surface area contributed by atoms with E-state index in [0.717, 1.165) is 29.8 Å². The van der Waals surface area contributed by atoms with Gasteiger partial charge in [0.05, 0.1) is 30.3 Å². The number of likely N-dealkylation sites (tertiary alicyclic amines) is 1. The van der Waals surface area contributed by atoms with Gasteiger partial charge in [-0.25, -0.2) is 14.8 Å². The van der Waals surface area contributed by atoms with E-state index in [1.165, 1.54) is 0 Å². The summed E-state index contributed by atoms with van der Waals surface area (Å²) in [6, 6.07) is 4.07. The minimum Gasteiger partial charge on any atom is -0.481 e. The molecule has 194 valence electrons. The standard InChI is InChI=1S/C16H20N6O.C6H8O7/c1-11-5-8-22(14(23)3-6-17)9-13(11)21(2)16-12-4-7-18-15(12)19-10-20-16;7-3(8)1-6(13,5(11)12)2-4(9)10/h4,7,10-11,13H,3,5,8-9H2,1-2H3,(H,18,19,20);13H,1-2H2,(H,7,8)(H,9,10)(H,11,12). The van der Waals surface area contributed by atoms with Crippen molar-refractivity contribution in [2.45, 2.75) is 44.2 Å². The van der Waals surface area contributed by atoms with Gasteiger partial charge in [0.15, 0.2) is 5.60 Å². The van der Waals surface area contributed by atoms with Crippen molar-refractivity contribution in [2.24, 2.45) is 5.92 Å². The summed E-state index contributed by atoms with van der Waals surface area (Å²) < 4.78 is 0. The summed E-state index contributed by atoms with van der Waals surface area (Å²) in [5, 5.41) is 43.5. The number of carbonyl (C=O) groups is 4. The molecular formula is C22H28N6O8. The summed E-state index contributed by atoms with van der Waals surface area (Å²) in [5.41, 5.74) is -1.93. The van der Waals surface area contributed by atoms with Crippen LogP contribution < -0.4 is 4.90 Å². The number of hydrogen-bond acceptors (Lipinski definition) is 9. The van der Waals surface area contributed by atoms with Crippen LogP contribution in [0.4, 0.5) is 5.82 Å². The van der Waals surface area contributed by atoms with E-state index in [2.05, 4.69) is 26.8 Å². The van der Waals surface area contributed by atoms with Gasteiger partial charge >= 0.3 is 17.9 Å². The highest BCUT2D eigenvalue weighted by Crippen LogP contribution is 2.28. The summed E-state index contributed by atoms with van der Waals surface area (Å²) >= 11 is 0. The Hall–Kier alpha value is -4.25. The Morgan fingerprint density at radius 3 is 2.42 bits per heavy atom. The van der Waals surface area contributed by atoms with Crippen LogP contribution in [0, 0.1) is 17.2 Å². The summed E-state index contributed by atoms with van der Waals surface area (Å²) in [6.07, 6.45) is 1.98. The Kier molecular flexibility index (Phi) is 9.28. The molecule has 1 aliphatic heterocycles. The molecule has 2 atom stereocenters. The zero-order valence-corrected chi connectivity index (χ0v) is 19.8. The smallest absolute Gasteiger partial charge is 0.336 e. The fourth-order valence-corrected chi connectivity index (χ4v) is 3.97. The number of H-pyrrole nitrogens is 1. The Morgan fingerprint density at radius 2 is 1.86 bits per heavy atom. The van der Waals surface area contributed by atoms with Crippen LogP contribution in [0.3, 0.4) is 0 Å². The minimum atomic E-state index is -2.74. The number of nitrogens with one attached hydrogen (secondary N) is 1. The van der Waals surface area contributed by atoms with Crippen molar-refractivity contribution in [1.82, 2.24) is 19.9 Å². The lowest BCUT2D eigenvalue weighted by Gasteiger charge is -2.42. The molecule has 0 spiro atoms. The largest absolute Gasteiger partial charge is 0.481 e. The molecule has 1 aliphatic rings. The summed E-state index contributed by atoms with van der Waals surface area (Å²) in [4.78, 5) is 58.2. The van der Waals surface area contributed by atoms with Gasteiger partial charge in [-0.15, -0.1) is 0 Å². The number of nitriles is 1. The number of aliphatic carboxylic acids is 3. The molecule has 0 radical (unpaired) electrons.